The van der Waals surface area contributed by atoms with E-state index in [2.05, 4.69) is 11.9 Å². The summed E-state index contributed by atoms with van der Waals surface area (Å²) in [6.45, 7) is 3.27. The third kappa shape index (κ3) is 3.79. The fraction of sp³-hybridized carbons (Fsp3) is 0.158. The number of nitrogens with one attached hydrogen (secondary N) is 1. The Labute approximate surface area is 154 Å². The second kappa shape index (κ2) is 7.69. The van der Waals surface area contributed by atoms with Crippen molar-refractivity contribution in [1.29, 1.82) is 0 Å². The SMILES string of the molecule is C=CCNC(=O)COC(=O)c1ccc2c(c1)C(=O)N(Cc1ccco1)C2=O. The van der Waals surface area contributed by atoms with E-state index >= 15 is 0 Å². The topological polar surface area (TPSA) is 106 Å². The van der Waals surface area contributed by atoms with Crippen LogP contribution in [0.5, 0.6) is 0 Å². The molecule has 0 spiro atoms. The van der Waals surface area contributed by atoms with Gasteiger partial charge in [0.1, 0.15) is 5.76 Å². The molecule has 0 unspecified atom stereocenters. The van der Waals surface area contributed by atoms with Gasteiger partial charge in [-0.05, 0) is 30.3 Å². The van der Waals surface area contributed by atoms with Crippen LogP contribution in [0.2, 0.25) is 0 Å². The summed E-state index contributed by atoms with van der Waals surface area (Å²) in [6.07, 6.45) is 2.95. The standard InChI is InChI=1S/C19H16N2O6/c1-2-7-20-16(22)11-27-19(25)12-5-6-14-15(9-12)18(24)21(17(14)23)10-13-4-3-8-26-13/h2-6,8-9H,1,7,10-11H2,(H,20,22). The molecular formula is C19H16N2O6. The number of carbonyl (C=O) groups is 4. The number of nitrogens with zero attached hydrogens (tertiary/aromatic N) is 1. The molecular weight excluding hydrogens is 352 g/mol. The summed E-state index contributed by atoms with van der Waals surface area (Å²) in [5.74, 6) is -1.76. The van der Waals surface area contributed by atoms with Crippen molar-refractivity contribution < 1.29 is 28.3 Å². The zero-order valence-corrected chi connectivity index (χ0v) is 14.3. The summed E-state index contributed by atoms with van der Waals surface area (Å²) < 4.78 is 10.1. The molecule has 2 aromatic rings. The molecule has 1 aromatic carbocycles. The normalized spacial score (nSPS) is 12.7. The molecule has 1 N–H and O–H groups in total. The highest BCUT2D eigenvalue weighted by atomic mass is 16.5. The van der Waals surface area contributed by atoms with Crippen molar-refractivity contribution in [3.8, 4) is 0 Å². The summed E-state index contributed by atoms with van der Waals surface area (Å²) in [4.78, 5) is 49.6. The Morgan fingerprint density at radius 3 is 2.67 bits per heavy atom. The number of benzene rings is 1. The maximum Gasteiger partial charge on any atom is 0.338 e. The molecule has 1 aliphatic rings. The lowest BCUT2D eigenvalue weighted by molar-refractivity contribution is -0.124. The highest BCUT2D eigenvalue weighted by Crippen LogP contribution is 2.26. The van der Waals surface area contributed by atoms with Gasteiger partial charge in [0.2, 0.25) is 0 Å². The van der Waals surface area contributed by atoms with Crippen LogP contribution in [0, 0.1) is 0 Å². The molecule has 138 valence electrons. The van der Waals surface area contributed by atoms with Gasteiger partial charge in [0.05, 0.1) is 29.5 Å². The first kappa shape index (κ1) is 18.1. The number of hydrogen-bond acceptors (Lipinski definition) is 6. The second-order valence-corrected chi connectivity index (χ2v) is 5.71. The van der Waals surface area contributed by atoms with Crippen LogP contribution in [0.1, 0.15) is 36.8 Å². The minimum absolute atomic E-state index is 0.00258. The van der Waals surface area contributed by atoms with Gasteiger partial charge in [0.15, 0.2) is 6.61 Å². The predicted molar refractivity (Wildman–Crippen MR) is 92.8 cm³/mol. The van der Waals surface area contributed by atoms with Gasteiger partial charge < -0.3 is 14.5 Å². The molecule has 0 aliphatic carbocycles. The molecule has 0 saturated heterocycles. The number of furan rings is 1. The fourth-order valence-corrected chi connectivity index (χ4v) is 2.57. The molecule has 0 fully saturated rings. The quantitative estimate of drug-likeness (QED) is 0.451. The lowest BCUT2D eigenvalue weighted by atomic mass is 10.1. The average molecular weight is 368 g/mol. The molecule has 0 saturated carbocycles. The first-order valence-electron chi connectivity index (χ1n) is 8.08. The van der Waals surface area contributed by atoms with Gasteiger partial charge >= 0.3 is 5.97 Å². The van der Waals surface area contributed by atoms with Gasteiger partial charge in [0, 0.05) is 6.54 Å². The Balaban J connectivity index is 1.70. The van der Waals surface area contributed by atoms with Gasteiger partial charge in [-0.25, -0.2) is 4.79 Å². The number of ether oxygens (including phenoxy) is 1. The van der Waals surface area contributed by atoms with Crippen LogP contribution in [0.15, 0.2) is 53.7 Å². The molecule has 8 heteroatoms. The van der Waals surface area contributed by atoms with E-state index in [4.69, 9.17) is 9.15 Å². The zero-order chi connectivity index (χ0) is 19.4. The minimum atomic E-state index is -0.767. The number of carbonyl (C=O) groups excluding carboxylic acids is 4. The van der Waals surface area contributed by atoms with Crippen LogP contribution in [-0.2, 0) is 16.1 Å². The molecule has 3 rings (SSSR count). The summed E-state index contributed by atoms with van der Waals surface area (Å²) in [7, 11) is 0. The highest BCUT2D eigenvalue weighted by molar-refractivity contribution is 6.21. The molecule has 0 atom stereocenters. The van der Waals surface area contributed by atoms with E-state index in [1.807, 2.05) is 0 Å². The summed E-state index contributed by atoms with van der Waals surface area (Å²) >= 11 is 0. The number of amides is 3. The Morgan fingerprint density at radius 1 is 1.19 bits per heavy atom. The number of rotatable bonds is 7. The van der Waals surface area contributed by atoms with Crippen molar-refractivity contribution >= 4 is 23.7 Å². The van der Waals surface area contributed by atoms with Crippen LogP contribution >= 0.6 is 0 Å². The largest absolute Gasteiger partial charge is 0.467 e. The van der Waals surface area contributed by atoms with Gasteiger partial charge in [-0.3, -0.25) is 19.3 Å². The third-order valence-electron chi connectivity index (χ3n) is 3.88. The monoisotopic (exact) mass is 368 g/mol. The highest BCUT2D eigenvalue weighted by Gasteiger charge is 2.36. The molecule has 1 aromatic heterocycles. The van der Waals surface area contributed by atoms with Crippen LogP contribution in [0.4, 0.5) is 0 Å². The third-order valence-corrected chi connectivity index (χ3v) is 3.88. The number of imide groups is 1. The molecule has 1 aliphatic heterocycles. The van der Waals surface area contributed by atoms with Gasteiger partial charge in [0.25, 0.3) is 17.7 Å². The van der Waals surface area contributed by atoms with Crippen molar-refractivity contribution in [3.05, 3.63) is 71.7 Å². The van der Waals surface area contributed by atoms with Crippen molar-refractivity contribution in [2.45, 2.75) is 6.54 Å². The van der Waals surface area contributed by atoms with Gasteiger partial charge in [-0.1, -0.05) is 6.08 Å². The smallest absolute Gasteiger partial charge is 0.338 e. The van der Waals surface area contributed by atoms with E-state index in [1.54, 1.807) is 12.1 Å². The van der Waals surface area contributed by atoms with E-state index in [1.165, 1.54) is 30.5 Å². The fourth-order valence-electron chi connectivity index (χ4n) is 2.57. The van der Waals surface area contributed by atoms with Crippen molar-refractivity contribution in [1.82, 2.24) is 10.2 Å². The van der Waals surface area contributed by atoms with Gasteiger partial charge in [-0.2, -0.15) is 0 Å². The van der Waals surface area contributed by atoms with Crippen molar-refractivity contribution in [3.63, 3.8) is 0 Å². The number of esters is 1. The molecule has 3 amide bonds. The Bertz CT molecular complexity index is 916. The zero-order valence-electron chi connectivity index (χ0n) is 14.3. The Morgan fingerprint density at radius 2 is 1.96 bits per heavy atom. The van der Waals surface area contributed by atoms with Crippen LogP contribution in [0.25, 0.3) is 0 Å². The second-order valence-electron chi connectivity index (χ2n) is 5.71. The van der Waals surface area contributed by atoms with E-state index < -0.39 is 30.3 Å². The van der Waals surface area contributed by atoms with Crippen molar-refractivity contribution in [2.24, 2.45) is 0 Å². The van der Waals surface area contributed by atoms with Crippen molar-refractivity contribution in [2.75, 3.05) is 13.2 Å². The molecule has 2 heterocycles. The van der Waals surface area contributed by atoms with Crippen LogP contribution < -0.4 is 5.32 Å². The van der Waals surface area contributed by atoms with Crippen LogP contribution in [-0.4, -0.2) is 41.7 Å². The van der Waals surface area contributed by atoms with Crippen LogP contribution in [0.3, 0.4) is 0 Å². The van der Waals surface area contributed by atoms with E-state index in [-0.39, 0.29) is 29.8 Å². The molecule has 8 nitrogen and oxygen atoms in total. The van der Waals surface area contributed by atoms with E-state index in [0.29, 0.717) is 5.76 Å². The molecule has 0 radical (unpaired) electrons. The van der Waals surface area contributed by atoms with E-state index in [0.717, 1.165) is 4.90 Å². The maximum absolute atomic E-state index is 12.5. The maximum atomic E-state index is 12.5. The van der Waals surface area contributed by atoms with E-state index in [9.17, 15) is 19.2 Å². The summed E-state index contributed by atoms with van der Waals surface area (Å²) in [5.41, 5.74) is 0.384. The summed E-state index contributed by atoms with van der Waals surface area (Å²) in [6, 6.07) is 7.38. The summed E-state index contributed by atoms with van der Waals surface area (Å²) in [5, 5.41) is 2.47. The number of fused-ring (bicyclic) bond motifs is 1. The lowest BCUT2D eigenvalue weighted by Gasteiger charge is -2.11. The average Bonchev–Trinajstić information content (AvgIpc) is 3.27. The lowest BCUT2D eigenvalue weighted by Crippen LogP contribution is -2.29. The first-order valence-corrected chi connectivity index (χ1v) is 8.08. The first-order chi connectivity index (χ1) is 13.0. The molecule has 27 heavy (non-hydrogen) atoms. The number of hydrogen-bond donors (Lipinski definition) is 1. The Kier molecular flexibility index (Phi) is 5.16. The minimum Gasteiger partial charge on any atom is -0.467 e. The van der Waals surface area contributed by atoms with Gasteiger partial charge in [-0.15, -0.1) is 6.58 Å². The predicted octanol–water partition coefficient (Wildman–Crippen LogP) is 1.53. The Hall–Kier alpha value is -3.68. The molecule has 0 bridgehead atoms.